The second-order valence-corrected chi connectivity index (χ2v) is 6.51. The number of H-pyrrole nitrogens is 1. The summed E-state index contributed by atoms with van der Waals surface area (Å²) in [4.78, 5) is 19.0. The first-order chi connectivity index (χ1) is 11.7. The Morgan fingerprint density at radius 2 is 2.17 bits per heavy atom. The molecule has 1 aliphatic rings. The van der Waals surface area contributed by atoms with Gasteiger partial charge in [0.05, 0.1) is 0 Å². The maximum Gasteiger partial charge on any atom is 0.272 e. The molecule has 0 radical (unpaired) electrons. The van der Waals surface area contributed by atoms with Crippen LogP contribution in [0.2, 0.25) is 0 Å². The van der Waals surface area contributed by atoms with Crippen LogP contribution in [0.4, 0.5) is 5.82 Å². The Balaban J connectivity index is 1.53. The molecule has 3 rings (SSSR count). The number of aryl methyl sites for hydroxylation is 1. The zero-order valence-corrected chi connectivity index (χ0v) is 14.4. The standard InChI is InChI=1S/C18H25N5O/c1-3-15-10-16(22-21-15)18(24)20-12-14-4-5-17(19-11-14)23-8-6-13(2)7-9-23/h4-5,10-11,13H,3,6-9,12H2,1-2H3,(H,20,24)(H,21,22). The van der Waals surface area contributed by atoms with Gasteiger partial charge in [-0.2, -0.15) is 5.10 Å². The van der Waals surface area contributed by atoms with Gasteiger partial charge < -0.3 is 10.2 Å². The lowest BCUT2D eigenvalue weighted by Crippen LogP contribution is -2.33. The van der Waals surface area contributed by atoms with Gasteiger partial charge in [-0.3, -0.25) is 9.89 Å². The minimum atomic E-state index is -0.167. The average molecular weight is 327 g/mol. The molecule has 6 heteroatoms. The fraction of sp³-hybridized carbons (Fsp3) is 0.500. The monoisotopic (exact) mass is 327 g/mol. The molecule has 0 spiro atoms. The van der Waals surface area contributed by atoms with E-state index in [1.165, 1.54) is 12.8 Å². The highest BCUT2D eigenvalue weighted by molar-refractivity contribution is 5.92. The van der Waals surface area contributed by atoms with Crippen molar-refractivity contribution in [3.63, 3.8) is 0 Å². The smallest absolute Gasteiger partial charge is 0.272 e. The number of pyridine rings is 1. The lowest BCUT2D eigenvalue weighted by Gasteiger charge is -2.31. The topological polar surface area (TPSA) is 73.9 Å². The van der Waals surface area contributed by atoms with Crippen molar-refractivity contribution in [3.8, 4) is 0 Å². The zero-order chi connectivity index (χ0) is 16.9. The van der Waals surface area contributed by atoms with Gasteiger partial charge >= 0.3 is 0 Å². The van der Waals surface area contributed by atoms with Crippen LogP contribution in [-0.2, 0) is 13.0 Å². The maximum atomic E-state index is 12.1. The lowest BCUT2D eigenvalue weighted by molar-refractivity contribution is 0.0946. The van der Waals surface area contributed by atoms with Crippen LogP contribution in [0.3, 0.4) is 0 Å². The molecule has 2 aromatic heterocycles. The second kappa shape index (κ2) is 7.47. The van der Waals surface area contributed by atoms with E-state index in [0.717, 1.165) is 42.5 Å². The van der Waals surface area contributed by atoms with E-state index in [1.807, 2.05) is 25.3 Å². The second-order valence-electron chi connectivity index (χ2n) is 6.51. The molecule has 6 nitrogen and oxygen atoms in total. The highest BCUT2D eigenvalue weighted by atomic mass is 16.1. The van der Waals surface area contributed by atoms with E-state index in [2.05, 4.69) is 32.3 Å². The quantitative estimate of drug-likeness (QED) is 0.885. The number of aromatic amines is 1. The van der Waals surface area contributed by atoms with E-state index < -0.39 is 0 Å². The lowest BCUT2D eigenvalue weighted by atomic mass is 9.99. The molecule has 3 heterocycles. The zero-order valence-electron chi connectivity index (χ0n) is 14.4. The Labute approximate surface area is 142 Å². The van der Waals surface area contributed by atoms with E-state index in [0.29, 0.717) is 12.2 Å². The molecule has 0 unspecified atom stereocenters. The number of hydrogen-bond donors (Lipinski definition) is 2. The number of nitrogens with one attached hydrogen (secondary N) is 2. The van der Waals surface area contributed by atoms with Gasteiger partial charge in [0.2, 0.25) is 0 Å². The molecule has 0 aromatic carbocycles. The van der Waals surface area contributed by atoms with Gasteiger partial charge in [0.15, 0.2) is 0 Å². The number of anilines is 1. The van der Waals surface area contributed by atoms with Gasteiger partial charge in [-0.25, -0.2) is 4.98 Å². The molecule has 1 aliphatic heterocycles. The molecule has 128 valence electrons. The first-order valence-electron chi connectivity index (χ1n) is 8.68. The van der Waals surface area contributed by atoms with Gasteiger partial charge in [-0.05, 0) is 42.9 Å². The number of carbonyl (C=O) groups excluding carboxylic acids is 1. The van der Waals surface area contributed by atoms with Gasteiger partial charge in [0, 0.05) is 31.5 Å². The number of hydrogen-bond acceptors (Lipinski definition) is 4. The van der Waals surface area contributed by atoms with Crippen molar-refractivity contribution < 1.29 is 4.79 Å². The summed E-state index contributed by atoms with van der Waals surface area (Å²) in [6.07, 6.45) is 5.13. The summed E-state index contributed by atoms with van der Waals surface area (Å²) >= 11 is 0. The molecular formula is C18H25N5O. The van der Waals surface area contributed by atoms with Crippen LogP contribution in [0.1, 0.15) is 48.4 Å². The molecule has 0 bridgehead atoms. The van der Waals surface area contributed by atoms with Crippen molar-refractivity contribution in [2.24, 2.45) is 5.92 Å². The molecular weight excluding hydrogens is 302 g/mol. The first-order valence-corrected chi connectivity index (χ1v) is 8.68. The summed E-state index contributed by atoms with van der Waals surface area (Å²) in [6, 6.07) is 5.86. The van der Waals surface area contributed by atoms with Crippen LogP contribution >= 0.6 is 0 Å². The molecule has 0 aliphatic carbocycles. The van der Waals surface area contributed by atoms with Crippen LogP contribution in [-0.4, -0.2) is 34.2 Å². The highest BCUT2D eigenvalue weighted by Crippen LogP contribution is 2.21. The molecule has 2 aromatic rings. The van der Waals surface area contributed by atoms with E-state index in [9.17, 15) is 4.79 Å². The fourth-order valence-corrected chi connectivity index (χ4v) is 2.88. The van der Waals surface area contributed by atoms with Crippen LogP contribution in [0, 0.1) is 5.92 Å². The number of amides is 1. The summed E-state index contributed by atoms with van der Waals surface area (Å²) in [7, 11) is 0. The van der Waals surface area contributed by atoms with Crippen molar-refractivity contribution in [1.29, 1.82) is 0 Å². The van der Waals surface area contributed by atoms with Crippen molar-refractivity contribution in [2.45, 2.75) is 39.7 Å². The molecule has 0 atom stereocenters. The van der Waals surface area contributed by atoms with Gasteiger partial charge in [-0.15, -0.1) is 0 Å². The highest BCUT2D eigenvalue weighted by Gasteiger charge is 2.16. The Bertz CT molecular complexity index is 671. The maximum absolute atomic E-state index is 12.1. The molecule has 1 amide bonds. The molecule has 24 heavy (non-hydrogen) atoms. The Kier molecular flexibility index (Phi) is 5.13. The molecule has 1 saturated heterocycles. The fourth-order valence-electron chi connectivity index (χ4n) is 2.88. The third-order valence-electron chi connectivity index (χ3n) is 4.61. The molecule has 0 saturated carbocycles. The van der Waals surface area contributed by atoms with Crippen LogP contribution < -0.4 is 10.2 Å². The predicted octanol–water partition coefficient (Wildman–Crippen LogP) is 2.53. The summed E-state index contributed by atoms with van der Waals surface area (Å²) in [6.45, 7) is 6.93. The SMILES string of the molecule is CCc1cc(C(=O)NCc2ccc(N3CCC(C)CC3)nc2)n[nH]1. The average Bonchev–Trinajstić information content (AvgIpc) is 3.10. The summed E-state index contributed by atoms with van der Waals surface area (Å²) < 4.78 is 0. The van der Waals surface area contributed by atoms with E-state index in [4.69, 9.17) is 0 Å². The van der Waals surface area contributed by atoms with Crippen LogP contribution in [0.5, 0.6) is 0 Å². The van der Waals surface area contributed by atoms with Crippen LogP contribution in [0.25, 0.3) is 0 Å². The number of aromatic nitrogens is 3. The van der Waals surface area contributed by atoms with Crippen molar-refractivity contribution in [2.75, 3.05) is 18.0 Å². The molecule has 1 fully saturated rings. The Morgan fingerprint density at radius 1 is 1.38 bits per heavy atom. The van der Waals surface area contributed by atoms with E-state index in [1.54, 1.807) is 6.07 Å². The van der Waals surface area contributed by atoms with Gasteiger partial charge in [0.1, 0.15) is 11.5 Å². The number of piperidine rings is 1. The van der Waals surface area contributed by atoms with Crippen molar-refractivity contribution in [1.82, 2.24) is 20.5 Å². The minimum Gasteiger partial charge on any atom is -0.357 e. The Morgan fingerprint density at radius 3 is 2.79 bits per heavy atom. The first kappa shape index (κ1) is 16.5. The van der Waals surface area contributed by atoms with Gasteiger partial charge in [-0.1, -0.05) is 19.9 Å². The van der Waals surface area contributed by atoms with Crippen molar-refractivity contribution >= 4 is 11.7 Å². The van der Waals surface area contributed by atoms with Crippen molar-refractivity contribution in [3.05, 3.63) is 41.3 Å². The largest absolute Gasteiger partial charge is 0.357 e. The third kappa shape index (κ3) is 3.93. The number of rotatable bonds is 5. The van der Waals surface area contributed by atoms with E-state index >= 15 is 0 Å². The summed E-state index contributed by atoms with van der Waals surface area (Å²) in [5, 5.41) is 9.76. The Hall–Kier alpha value is -2.37. The predicted molar refractivity (Wildman–Crippen MR) is 94.0 cm³/mol. The summed E-state index contributed by atoms with van der Waals surface area (Å²) in [5.74, 6) is 1.67. The van der Waals surface area contributed by atoms with E-state index in [-0.39, 0.29) is 5.91 Å². The number of nitrogens with zero attached hydrogens (tertiary/aromatic N) is 3. The molecule has 2 N–H and O–H groups in total. The number of carbonyl (C=O) groups is 1. The third-order valence-corrected chi connectivity index (χ3v) is 4.61. The van der Waals surface area contributed by atoms with Crippen LogP contribution in [0.15, 0.2) is 24.4 Å². The normalized spacial score (nSPS) is 15.5. The van der Waals surface area contributed by atoms with Gasteiger partial charge in [0.25, 0.3) is 5.91 Å². The minimum absolute atomic E-state index is 0.167. The summed E-state index contributed by atoms with van der Waals surface area (Å²) in [5.41, 5.74) is 2.38.